The first-order valence-corrected chi connectivity index (χ1v) is 25.3. The largest absolute Gasteiger partial charge is 0.473 e. The molecule has 5 aromatic carbocycles. The zero-order valence-corrected chi connectivity index (χ0v) is 44.0. The molecular formula is C56H47F2N11O15. The number of nitrogen functional groups attached to an aromatic ring is 1. The fraction of sp³-hybridized carbons (Fsp3) is 0.214. The SMILES string of the molecule is CO[C@@H]1[C@H](O)[C@@H](CO)O[C@H]1n1cnc2c(N)nc(Oc3cc(F)ccc3F)nc21.CO[C@@H]1[C@H](OC(=O)c2ccccc2)[C@@H](COC(=O)c2ccccc2)O[C@H]1n1cnc2c(N(C(=O)c3ccccc3)C(=O)c3ccccc3)nc([N+](=O)[O-])nc21. The molecule has 0 bridgehead atoms. The predicted octanol–water partition coefficient (Wildman–Crippen LogP) is 5.96. The molecule has 0 radical (unpaired) electrons. The van der Waals surface area contributed by atoms with Crippen LogP contribution in [0.1, 0.15) is 53.9 Å². The molecule has 0 aliphatic carbocycles. The number of esters is 2. The fourth-order valence-corrected chi connectivity index (χ4v) is 9.21. The number of carbonyl (C=O) groups is 4. The summed E-state index contributed by atoms with van der Waals surface area (Å²) in [5.41, 5.74) is 6.56. The van der Waals surface area contributed by atoms with Crippen molar-refractivity contribution in [1.29, 1.82) is 0 Å². The number of hydrogen-bond donors (Lipinski definition) is 3. The summed E-state index contributed by atoms with van der Waals surface area (Å²) in [5, 5.41) is 31.9. The molecule has 2 aliphatic heterocycles. The van der Waals surface area contributed by atoms with Gasteiger partial charge < -0.3 is 59.2 Å². The summed E-state index contributed by atoms with van der Waals surface area (Å²) in [4.78, 5) is 91.4. The van der Waals surface area contributed by atoms with E-state index in [1.165, 1.54) is 60.3 Å². The van der Waals surface area contributed by atoms with Crippen LogP contribution in [-0.2, 0) is 28.4 Å². The first-order chi connectivity index (χ1) is 40.7. The molecule has 2 fully saturated rings. The average molecular weight is 1150 g/mol. The van der Waals surface area contributed by atoms with Gasteiger partial charge in [-0.05, 0) is 75.6 Å². The Morgan fingerprint density at radius 3 is 1.76 bits per heavy atom. The molecule has 0 unspecified atom stereocenters. The van der Waals surface area contributed by atoms with E-state index in [9.17, 15) is 48.3 Å². The number of methoxy groups -OCH3 is 2. The Kier molecular flexibility index (Phi) is 17.0. The van der Waals surface area contributed by atoms with Crippen molar-refractivity contribution in [3.05, 3.63) is 196 Å². The Labute approximate surface area is 472 Å². The van der Waals surface area contributed by atoms with Gasteiger partial charge in [-0.3, -0.25) is 18.7 Å². The van der Waals surface area contributed by atoms with E-state index < -0.39 is 120 Å². The van der Waals surface area contributed by atoms with Crippen molar-refractivity contribution in [1.82, 2.24) is 39.0 Å². The number of imidazole rings is 2. The van der Waals surface area contributed by atoms with E-state index in [0.29, 0.717) is 4.90 Å². The average Bonchev–Trinajstić information content (AvgIpc) is 2.48. The van der Waals surface area contributed by atoms with Crippen molar-refractivity contribution in [2.45, 2.75) is 49.1 Å². The van der Waals surface area contributed by atoms with Crippen LogP contribution in [0.15, 0.2) is 152 Å². The number of amides is 2. The van der Waals surface area contributed by atoms with Crippen molar-refractivity contribution >= 4 is 63.7 Å². The lowest BCUT2D eigenvalue weighted by atomic mass is 10.1. The second-order valence-corrected chi connectivity index (χ2v) is 18.4. The molecule has 6 heterocycles. The number of benzene rings is 5. The highest BCUT2D eigenvalue weighted by molar-refractivity contribution is 6.27. The molecule has 2 saturated heterocycles. The van der Waals surface area contributed by atoms with Gasteiger partial charge in [-0.15, -0.1) is 0 Å². The van der Waals surface area contributed by atoms with Crippen LogP contribution < -0.4 is 15.4 Å². The lowest BCUT2D eigenvalue weighted by Gasteiger charge is -2.23. The molecule has 0 spiro atoms. The van der Waals surface area contributed by atoms with E-state index >= 15 is 0 Å². The van der Waals surface area contributed by atoms with Gasteiger partial charge in [0.1, 0.15) is 49.3 Å². The number of aliphatic hydroxyl groups is 2. The summed E-state index contributed by atoms with van der Waals surface area (Å²) in [5.74, 6) is -6.47. The summed E-state index contributed by atoms with van der Waals surface area (Å²) in [6, 6.07) is 34.5. The van der Waals surface area contributed by atoms with Crippen molar-refractivity contribution in [2.24, 2.45) is 0 Å². The zero-order valence-electron chi connectivity index (χ0n) is 44.0. The van der Waals surface area contributed by atoms with E-state index in [0.717, 1.165) is 18.2 Å². The Morgan fingerprint density at radius 2 is 1.20 bits per heavy atom. The van der Waals surface area contributed by atoms with E-state index in [1.807, 2.05) is 0 Å². The maximum absolute atomic E-state index is 14.1. The van der Waals surface area contributed by atoms with Crippen LogP contribution in [-0.4, -0.2) is 142 Å². The van der Waals surface area contributed by atoms with Crippen LogP contribution in [0, 0.1) is 21.7 Å². The Bertz CT molecular complexity index is 3820. The number of anilines is 2. The smallest absolute Gasteiger partial charge is 0.459 e. The van der Waals surface area contributed by atoms with Gasteiger partial charge in [0, 0.05) is 31.4 Å². The third kappa shape index (κ3) is 11.7. The van der Waals surface area contributed by atoms with Gasteiger partial charge >= 0.3 is 23.9 Å². The van der Waals surface area contributed by atoms with Gasteiger partial charge in [-0.25, -0.2) is 33.2 Å². The third-order valence-electron chi connectivity index (χ3n) is 13.2. The fourth-order valence-electron chi connectivity index (χ4n) is 9.21. The standard InChI is InChI=1S/C39H30N6O10.C17H17F2N5O5/c1-52-31-30(55-38(49)27-20-12-5-13-21-27)28(22-53-37(48)26-18-10-4-11-19-26)54-36(31)43-23-40-29-32(43)41-39(45(50)51)42-33(29)44(34(46)24-14-6-2-7-15-24)35(47)25-16-8-3-9-17-25;1-27-13-12(26)10(5-25)28-16(13)24-6-21-11-14(20)22-17(23-15(11)24)29-9-4-7(18)2-3-8(9)19/h2-21,23,28,30-31,36H,22H2,1H3;2-4,6,10,12-13,16,25-26H,5H2,1H3,(H2,20,22,23)/t28-,30-,31-,36-;10-,12-,13-,16-/m11/s1. The first-order valence-electron chi connectivity index (χ1n) is 25.3. The normalized spacial score (nSPS) is 20.0. The molecule has 4 aromatic heterocycles. The lowest BCUT2D eigenvalue weighted by molar-refractivity contribution is -0.394. The highest BCUT2D eigenvalue weighted by Gasteiger charge is 2.51. The summed E-state index contributed by atoms with van der Waals surface area (Å²) in [6.07, 6.45) is -5.82. The number of nitro groups is 1. The number of rotatable bonds is 16. The van der Waals surface area contributed by atoms with Gasteiger partial charge in [-0.2, -0.15) is 9.97 Å². The molecule has 11 rings (SSSR count). The predicted molar refractivity (Wildman–Crippen MR) is 287 cm³/mol. The number of aliphatic hydroxyl groups excluding tert-OH is 2. The zero-order chi connectivity index (χ0) is 59.2. The molecule has 28 heteroatoms. The van der Waals surface area contributed by atoms with Gasteiger partial charge in [0.25, 0.3) is 17.6 Å². The number of imide groups is 1. The number of carbonyl (C=O) groups excluding carboxylic acids is 4. The molecule has 26 nitrogen and oxygen atoms in total. The van der Waals surface area contributed by atoms with E-state index in [-0.39, 0.29) is 56.4 Å². The minimum Gasteiger partial charge on any atom is -0.459 e. The van der Waals surface area contributed by atoms with E-state index in [1.54, 1.807) is 97.1 Å². The van der Waals surface area contributed by atoms with Crippen LogP contribution in [0.5, 0.6) is 11.8 Å². The third-order valence-corrected chi connectivity index (χ3v) is 13.2. The minimum atomic E-state index is -1.26. The number of fused-ring (bicyclic) bond motifs is 2. The lowest BCUT2D eigenvalue weighted by Crippen LogP contribution is -2.39. The van der Waals surface area contributed by atoms with Crippen LogP contribution in [0.3, 0.4) is 0 Å². The van der Waals surface area contributed by atoms with E-state index in [4.69, 9.17) is 38.9 Å². The molecule has 84 heavy (non-hydrogen) atoms. The number of nitrogens with zero attached hydrogens (tertiary/aromatic N) is 10. The Balaban J connectivity index is 0.000000227. The van der Waals surface area contributed by atoms with Crippen molar-refractivity contribution in [2.75, 3.05) is 38.1 Å². The quantitative estimate of drug-likeness (QED) is 0.0434. The summed E-state index contributed by atoms with van der Waals surface area (Å²) < 4.78 is 69.9. The second kappa shape index (κ2) is 25.0. The van der Waals surface area contributed by atoms with Crippen LogP contribution in [0.25, 0.3) is 22.3 Å². The van der Waals surface area contributed by atoms with Crippen LogP contribution in [0.4, 0.5) is 26.4 Å². The number of ether oxygens (including phenoxy) is 7. The van der Waals surface area contributed by atoms with Gasteiger partial charge in [0.2, 0.25) is 5.65 Å². The van der Waals surface area contributed by atoms with Crippen molar-refractivity contribution in [3.8, 4) is 11.8 Å². The first kappa shape index (κ1) is 57.1. The van der Waals surface area contributed by atoms with Crippen LogP contribution in [0.2, 0.25) is 0 Å². The highest BCUT2D eigenvalue weighted by Crippen LogP contribution is 2.39. The maximum Gasteiger partial charge on any atom is 0.473 e. The molecule has 4 N–H and O–H groups in total. The summed E-state index contributed by atoms with van der Waals surface area (Å²) in [6.45, 7) is -0.816. The molecule has 2 amide bonds. The molecule has 2 aliphatic rings. The molecule has 430 valence electrons. The van der Waals surface area contributed by atoms with Crippen LogP contribution >= 0.6 is 0 Å². The van der Waals surface area contributed by atoms with Crippen molar-refractivity contribution < 1.29 is 76.3 Å². The Hall–Kier alpha value is -10.1. The van der Waals surface area contributed by atoms with Gasteiger partial charge in [0.15, 0.2) is 52.6 Å². The van der Waals surface area contributed by atoms with Gasteiger partial charge in [0.05, 0.1) is 24.1 Å². The maximum atomic E-state index is 14.1. The molecular weight excluding hydrogens is 1100 g/mol. The number of hydrogen-bond acceptors (Lipinski definition) is 22. The van der Waals surface area contributed by atoms with Crippen molar-refractivity contribution in [3.63, 3.8) is 0 Å². The molecule has 8 atom stereocenters. The van der Waals surface area contributed by atoms with Gasteiger partial charge in [-0.1, -0.05) is 72.8 Å². The summed E-state index contributed by atoms with van der Waals surface area (Å²) >= 11 is 0. The number of nitrogens with two attached hydrogens (primary N) is 1. The second-order valence-electron chi connectivity index (χ2n) is 18.4. The molecule has 0 saturated carbocycles. The Morgan fingerprint density at radius 1 is 0.679 bits per heavy atom. The number of halogens is 2. The monoisotopic (exact) mass is 1150 g/mol. The topological polar surface area (TPSA) is 333 Å². The number of aromatic nitrogens is 8. The summed E-state index contributed by atoms with van der Waals surface area (Å²) in [7, 11) is 2.72. The highest BCUT2D eigenvalue weighted by atomic mass is 19.1. The molecule has 9 aromatic rings. The van der Waals surface area contributed by atoms with E-state index in [2.05, 4.69) is 29.9 Å². The minimum absolute atomic E-state index is 0.0632.